The van der Waals surface area contributed by atoms with Gasteiger partial charge in [-0.05, 0) is 24.3 Å². The van der Waals surface area contributed by atoms with Crippen molar-refractivity contribution in [3.8, 4) is 5.75 Å². The zero-order valence-corrected chi connectivity index (χ0v) is 13.7. The first-order valence-corrected chi connectivity index (χ1v) is 7.98. The molecule has 4 rings (SSSR count). The van der Waals surface area contributed by atoms with Crippen molar-refractivity contribution in [3.05, 3.63) is 60.9 Å². The molecule has 0 atom stereocenters. The molecular weight excluding hydrogens is 332 g/mol. The summed E-state index contributed by atoms with van der Waals surface area (Å²) in [5.41, 5.74) is 7.02. The van der Waals surface area contributed by atoms with Gasteiger partial charge in [-0.1, -0.05) is 18.2 Å². The Morgan fingerprint density at radius 3 is 3.00 bits per heavy atom. The molecular formula is C18H16N6O2. The van der Waals surface area contributed by atoms with E-state index in [1.165, 1.54) is 0 Å². The summed E-state index contributed by atoms with van der Waals surface area (Å²) < 4.78 is 5.61. The number of ether oxygens (including phenoxy) is 1. The Kier molecular flexibility index (Phi) is 4.31. The van der Waals surface area contributed by atoms with Crippen LogP contribution in [0, 0.1) is 0 Å². The fourth-order valence-electron chi connectivity index (χ4n) is 2.62. The fourth-order valence-corrected chi connectivity index (χ4v) is 2.62. The summed E-state index contributed by atoms with van der Waals surface area (Å²) in [5.74, 6) is 0.351. The van der Waals surface area contributed by atoms with Gasteiger partial charge in [-0.3, -0.25) is 9.78 Å². The number of nitrogens with one attached hydrogen (secondary N) is 3. The Balaban J connectivity index is 1.41. The van der Waals surface area contributed by atoms with Gasteiger partial charge in [0, 0.05) is 34.9 Å². The Morgan fingerprint density at radius 2 is 2.12 bits per heavy atom. The van der Waals surface area contributed by atoms with Crippen LogP contribution in [0.15, 0.2) is 66.0 Å². The summed E-state index contributed by atoms with van der Waals surface area (Å²) in [6.07, 6.45) is 5.06. The molecule has 3 N–H and O–H groups in total. The SMILES string of the molecule is O=C(COc1cccc(N2C=NNN2)c1)Nc1cccc2cnccc12. The lowest BCUT2D eigenvalue weighted by atomic mass is 10.1. The molecule has 1 amide bonds. The molecule has 130 valence electrons. The number of hydrogen-bond donors (Lipinski definition) is 3. The first-order valence-electron chi connectivity index (χ1n) is 7.98. The molecule has 26 heavy (non-hydrogen) atoms. The lowest BCUT2D eigenvalue weighted by Crippen LogP contribution is -2.37. The third kappa shape index (κ3) is 3.40. The van der Waals surface area contributed by atoms with Crippen LogP contribution in [-0.2, 0) is 4.79 Å². The van der Waals surface area contributed by atoms with Gasteiger partial charge < -0.3 is 10.1 Å². The average Bonchev–Trinajstić information content (AvgIpc) is 3.22. The normalized spacial score (nSPS) is 12.8. The summed E-state index contributed by atoms with van der Waals surface area (Å²) in [6.45, 7) is -0.0926. The number of aromatic nitrogens is 1. The number of carbonyl (C=O) groups excluding carboxylic acids is 1. The third-order valence-electron chi connectivity index (χ3n) is 3.83. The molecule has 1 aliphatic rings. The number of rotatable bonds is 5. The number of nitrogens with zero attached hydrogens (tertiary/aromatic N) is 3. The van der Waals surface area contributed by atoms with Crippen LogP contribution in [-0.4, -0.2) is 23.8 Å². The van der Waals surface area contributed by atoms with Crippen molar-refractivity contribution >= 4 is 34.4 Å². The zero-order valence-electron chi connectivity index (χ0n) is 13.7. The second-order valence-corrected chi connectivity index (χ2v) is 5.57. The Morgan fingerprint density at radius 1 is 1.19 bits per heavy atom. The predicted molar refractivity (Wildman–Crippen MR) is 99.6 cm³/mol. The van der Waals surface area contributed by atoms with Gasteiger partial charge in [-0.25, -0.2) is 10.5 Å². The van der Waals surface area contributed by atoms with Crippen molar-refractivity contribution < 1.29 is 9.53 Å². The van der Waals surface area contributed by atoms with Gasteiger partial charge in [-0.2, -0.15) is 5.10 Å². The number of anilines is 2. The first kappa shape index (κ1) is 15.9. The zero-order chi connectivity index (χ0) is 17.8. The number of hydrogen-bond acceptors (Lipinski definition) is 7. The van der Waals surface area contributed by atoms with E-state index >= 15 is 0 Å². The van der Waals surface area contributed by atoms with Crippen molar-refractivity contribution in [2.45, 2.75) is 0 Å². The highest BCUT2D eigenvalue weighted by Gasteiger charge is 2.10. The number of pyridine rings is 1. The van der Waals surface area contributed by atoms with E-state index in [4.69, 9.17) is 4.74 Å². The van der Waals surface area contributed by atoms with E-state index in [2.05, 4.69) is 26.5 Å². The molecule has 1 aliphatic heterocycles. The predicted octanol–water partition coefficient (Wildman–Crippen LogP) is 2.02. The van der Waals surface area contributed by atoms with Crippen LogP contribution in [0.4, 0.5) is 11.4 Å². The van der Waals surface area contributed by atoms with Crippen LogP contribution in [0.1, 0.15) is 0 Å². The van der Waals surface area contributed by atoms with Crippen molar-refractivity contribution in [2.24, 2.45) is 5.10 Å². The molecule has 0 saturated carbocycles. The maximum absolute atomic E-state index is 12.3. The Hall–Kier alpha value is -3.65. The fraction of sp³-hybridized carbons (Fsp3) is 0.0556. The van der Waals surface area contributed by atoms with Crippen LogP contribution in [0.2, 0.25) is 0 Å². The Labute approximate surface area is 149 Å². The summed E-state index contributed by atoms with van der Waals surface area (Å²) >= 11 is 0. The summed E-state index contributed by atoms with van der Waals surface area (Å²) in [7, 11) is 0. The molecule has 0 saturated heterocycles. The van der Waals surface area contributed by atoms with Crippen LogP contribution in [0.3, 0.4) is 0 Å². The maximum Gasteiger partial charge on any atom is 0.262 e. The highest BCUT2D eigenvalue weighted by atomic mass is 16.5. The summed E-state index contributed by atoms with van der Waals surface area (Å²) in [6, 6.07) is 14.9. The van der Waals surface area contributed by atoms with Gasteiger partial charge in [-0.15, -0.1) is 5.53 Å². The van der Waals surface area contributed by atoms with Gasteiger partial charge in [0.15, 0.2) is 6.61 Å². The first-order chi connectivity index (χ1) is 12.8. The van der Waals surface area contributed by atoms with Crippen LogP contribution in [0.25, 0.3) is 10.8 Å². The highest BCUT2D eigenvalue weighted by Crippen LogP contribution is 2.23. The topological polar surface area (TPSA) is 90.9 Å². The van der Waals surface area contributed by atoms with E-state index in [0.29, 0.717) is 5.75 Å². The lowest BCUT2D eigenvalue weighted by molar-refractivity contribution is -0.118. The number of carbonyl (C=O) groups is 1. The molecule has 2 aromatic carbocycles. The lowest BCUT2D eigenvalue weighted by Gasteiger charge is -2.15. The molecule has 2 heterocycles. The number of benzene rings is 2. The minimum Gasteiger partial charge on any atom is -0.484 e. The van der Waals surface area contributed by atoms with Gasteiger partial charge >= 0.3 is 0 Å². The molecule has 0 bridgehead atoms. The molecule has 0 unspecified atom stereocenters. The largest absolute Gasteiger partial charge is 0.484 e. The number of hydrazone groups is 1. The molecule has 1 aromatic heterocycles. The summed E-state index contributed by atoms with van der Waals surface area (Å²) in [4.78, 5) is 16.4. The van der Waals surface area contributed by atoms with Gasteiger partial charge in [0.1, 0.15) is 12.1 Å². The van der Waals surface area contributed by atoms with Crippen molar-refractivity contribution in [1.82, 2.24) is 16.1 Å². The smallest absolute Gasteiger partial charge is 0.262 e. The summed E-state index contributed by atoms with van der Waals surface area (Å²) in [5, 5.41) is 10.3. The maximum atomic E-state index is 12.3. The van der Waals surface area contributed by atoms with Gasteiger partial charge in [0.2, 0.25) is 0 Å². The Bertz CT molecular complexity index is 969. The number of amides is 1. The minimum atomic E-state index is -0.234. The molecule has 0 radical (unpaired) electrons. The second kappa shape index (κ2) is 7.08. The molecule has 8 nitrogen and oxygen atoms in total. The average molecular weight is 348 g/mol. The van der Waals surface area contributed by atoms with Crippen LogP contribution >= 0.6 is 0 Å². The van der Waals surface area contributed by atoms with E-state index in [1.807, 2.05) is 42.5 Å². The molecule has 0 spiro atoms. The standard InChI is InChI=1S/C18H16N6O2/c25-18(21-17-6-1-3-13-10-19-8-7-16(13)17)11-26-15-5-2-4-14(9-15)24-12-20-22-23-24/h1-10,12,22-23H,11H2,(H,21,25). The van der Waals surface area contributed by atoms with E-state index in [9.17, 15) is 4.79 Å². The van der Waals surface area contributed by atoms with Crippen molar-refractivity contribution in [1.29, 1.82) is 0 Å². The molecule has 3 aromatic rings. The highest BCUT2D eigenvalue weighted by molar-refractivity contribution is 6.02. The van der Waals surface area contributed by atoms with E-state index < -0.39 is 0 Å². The van der Waals surface area contributed by atoms with Crippen LogP contribution in [0.5, 0.6) is 5.75 Å². The van der Waals surface area contributed by atoms with Crippen LogP contribution < -0.4 is 26.1 Å². The molecule has 0 aliphatic carbocycles. The van der Waals surface area contributed by atoms with Crippen molar-refractivity contribution in [3.63, 3.8) is 0 Å². The van der Waals surface area contributed by atoms with E-state index in [1.54, 1.807) is 29.8 Å². The third-order valence-corrected chi connectivity index (χ3v) is 3.83. The van der Waals surface area contributed by atoms with E-state index in [0.717, 1.165) is 22.1 Å². The van der Waals surface area contributed by atoms with Gasteiger partial charge in [0.25, 0.3) is 5.91 Å². The quantitative estimate of drug-likeness (QED) is 0.654. The molecule has 8 heteroatoms. The van der Waals surface area contributed by atoms with E-state index in [-0.39, 0.29) is 12.5 Å². The molecule has 0 fully saturated rings. The number of hydrazine groups is 2. The van der Waals surface area contributed by atoms with Crippen molar-refractivity contribution in [2.75, 3.05) is 16.9 Å². The minimum absolute atomic E-state index is 0.0926. The number of fused-ring (bicyclic) bond motifs is 1. The van der Waals surface area contributed by atoms with Gasteiger partial charge in [0.05, 0.1) is 5.69 Å². The monoisotopic (exact) mass is 348 g/mol. The second-order valence-electron chi connectivity index (χ2n) is 5.57.